The third kappa shape index (κ3) is 10.8. The Bertz CT molecular complexity index is 1570. The first-order valence-electron chi connectivity index (χ1n) is 14.3. The number of halogens is 4. The highest BCUT2D eigenvalue weighted by atomic mass is 32.2. The van der Waals surface area contributed by atoms with Crippen LogP contribution in [0.1, 0.15) is 17.5 Å². The van der Waals surface area contributed by atoms with Crippen LogP contribution < -0.4 is 15.8 Å². The van der Waals surface area contributed by atoms with Crippen molar-refractivity contribution in [3.63, 3.8) is 0 Å². The zero-order valence-electron chi connectivity index (χ0n) is 24.3. The average Bonchev–Trinajstić information content (AvgIpc) is 2.93. The summed E-state index contributed by atoms with van der Waals surface area (Å²) in [5, 5.41) is 2.65. The fourth-order valence-corrected chi connectivity index (χ4v) is 6.30. The molecule has 1 unspecified atom stereocenters. The Hall–Kier alpha value is -4.01. The Labute approximate surface area is 259 Å². The smallest absolute Gasteiger partial charge is 0.337 e. The minimum absolute atomic E-state index is 0.0309. The molecule has 242 valence electrons. The number of carbonyl (C=O) groups excluding carboxylic acids is 2. The van der Waals surface area contributed by atoms with Gasteiger partial charge in [0.15, 0.2) is 5.75 Å². The second-order valence-electron chi connectivity index (χ2n) is 11.0. The van der Waals surface area contributed by atoms with Gasteiger partial charge in [-0.25, -0.2) is 12.8 Å². The Morgan fingerprint density at radius 1 is 0.956 bits per heavy atom. The lowest BCUT2D eigenvalue weighted by Crippen LogP contribution is -2.57. The number of carbonyl (C=O) groups is 2. The van der Waals surface area contributed by atoms with E-state index in [9.17, 15) is 35.6 Å². The van der Waals surface area contributed by atoms with E-state index in [1.165, 1.54) is 30.3 Å². The number of anilines is 2. The van der Waals surface area contributed by atoms with Gasteiger partial charge in [0.1, 0.15) is 5.82 Å². The molecule has 4 N–H and O–H groups in total. The van der Waals surface area contributed by atoms with Crippen LogP contribution >= 0.6 is 0 Å². The van der Waals surface area contributed by atoms with E-state index in [0.29, 0.717) is 31.6 Å². The number of sulfonamides is 1. The predicted octanol–water partition coefficient (Wildman–Crippen LogP) is 3.78. The minimum Gasteiger partial charge on any atom is -0.337 e. The highest BCUT2D eigenvalue weighted by molar-refractivity contribution is 7.92. The molecule has 45 heavy (non-hydrogen) atoms. The van der Waals surface area contributed by atoms with Crippen molar-refractivity contribution in [2.75, 3.05) is 42.0 Å². The number of rotatable bonds is 12. The van der Waals surface area contributed by atoms with Gasteiger partial charge in [-0.15, -0.1) is 0 Å². The molecule has 0 bridgehead atoms. The van der Waals surface area contributed by atoms with E-state index in [1.54, 1.807) is 23.1 Å². The zero-order chi connectivity index (χ0) is 32.6. The van der Waals surface area contributed by atoms with Gasteiger partial charge in [0, 0.05) is 43.8 Å². The molecule has 1 aliphatic heterocycles. The van der Waals surface area contributed by atoms with Crippen LogP contribution in [0.2, 0.25) is 0 Å². The first-order chi connectivity index (χ1) is 21.3. The summed E-state index contributed by atoms with van der Waals surface area (Å²) in [7, 11) is -4.68. The lowest BCUT2D eigenvalue weighted by molar-refractivity contribution is -0.136. The van der Waals surface area contributed by atoms with Crippen LogP contribution in [0.3, 0.4) is 0 Å². The number of hydrogen-bond acceptors (Lipinski definition) is 6. The lowest BCUT2D eigenvalue weighted by atomic mass is 9.99. The van der Waals surface area contributed by atoms with Crippen LogP contribution in [-0.2, 0) is 32.5 Å². The fraction of sp³-hybridized carbons (Fsp3) is 0.355. The molecule has 0 spiro atoms. The molecule has 2 atom stereocenters. The van der Waals surface area contributed by atoms with Crippen LogP contribution in [0, 0.1) is 5.82 Å². The second kappa shape index (κ2) is 14.8. The molecule has 3 aromatic carbocycles. The SMILES string of the molecule is N[C@@H](CC(=O)N1CCN(CC(=O)Nc2cccc(NS(=O)(=O)CC(F)(F)F)c2)CC1Cc1ccccc1)Cc1ccccc1F. The van der Waals surface area contributed by atoms with Crippen LogP contribution in [0.25, 0.3) is 0 Å². The summed E-state index contributed by atoms with van der Waals surface area (Å²) in [5.74, 6) is -2.99. The average molecular weight is 650 g/mol. The van der Waals surface area contributed by atoms with Crippen LogP contribution in [-0.4, -0.2) is 80.2 Å². The molecule has 2 amide bonds. The van der Waals surface area contributed by atoms with Crippen molar-refractivity contribution in [1.29, 1.82) is 0 Å². The Balaban J connectivity index is 1.38. The molecule has 14 heteroatoms. The van der Waals surface area contributed by atoms with Crippen LogP contribution in [0.4, 0.5) is 28.9 Å². The molecule has 1 heterocycles. The molecule has 0 saturated carbocycles. The van der Waals surface area contributed by atoms with Crippen molar-refractivity contribution in [2.45, 2.75) is 37.5 Å². The fourth-order valence-electron chi connectivity index (χ4n) is 5.31. The van der Waals surface area contributed by atoms with Gasteiger partial charge in [0.25, 0.3) is 0 Å². The van der Waals surface area contributed by atoms with Gasteiger partial charge >= 0.3 is 6.18 Å². The van der Waals surface area contributed by atoms with Crippen molar-refractivity contribution in [2.24, 2.45) is 5.73 Å². The topological polar surface area (TPSA) is 125 Å². The van der Waals surface area contributed by atoms with E-state index in [1.807, 2.05) is 40.0 Å². The van der Waals surface area contributed by atoms with Gasteiger partial charge in [-0.05, 0) is 48.2 Å². The van der Waals surface area contributed by atoms with Crippen LogP contribution in [0.15, 0.2) is 78.9 Å². The summed E-state index contributed by atoms with van der Waals surface area (Å²) >= 11 is 0. The zero-order valence-corrected chi connectivity index (χ0v) is 25.2. The Morgan fingerprint density at radius 3 is 2.36 bits per heavy atom. The van der Waals surface area contributed by atoms with E-state index in [4.69, 9.17) is 5.73 Å². The van der Waals surface area contributed by atoms with E-state index < -0.39 is 33.9 Å². The molecule has 0 aliphatic carbocycles. The second-order valence-corrected chi connectivity index (χ2v) is 12.8. The summed E-state index contributed by atoms with van der Waals surface area (Å²) in [6.07, 6.45) is -4.12. The summed E-state index contributed by atoms with van der Waals surface area (Å²) < 4.78 is 77.4. The lowest BCUT2D eigenvalue weighted by Gasteiger charge is -2.42. The van der Waals surface area contributed by atoms with Gasteiger partial charge in [-0.2, -0.15) is 13.2 Å². The first-order valence-corrected chi connectivity index (χ1v) is 15.9. The maximum Gasteiger partial charge on any atom is 0.404 e. The summed E-state index contributed by atoms with van der Waals surface area (Å²) in [6, 6.07) is 20.4. The Kier molecular flexibility index (Phi) is 11.2. The molecule has 3 aromatic rings. The molecule has 1 aliphatic rings. The number of alkyl halides is 3. The molecular formula is C31H35F4N5O4S. The third-order valence-electron chi connectivity index (χ3n) is 7.22. The monoisotopic (exact) mass is 649 g/mol. The molecule has 0 aromatic heterocycles. The molecular weight excluding hydrogens is 614 g/mol. The summed E-state index contributed by atoms with van der Waals surface area (Å²) in [5.41, 5.74) is 7.78. The van der Waals surface area contributed by atoms with E-state index >= 15 is 0 Å². The number of nitrogens with one attached hydrogen (secondary N) is 2. The van der Waals surface area contributed by atoms with Crippen molar-refractivity contribution in [1.82, 2.24) is 9.80 Å². The van der Waals surface area contributed by atoms with Crippen molar-refractivity contribution in [3.8, 4) is 0 Å². The largest absolute Gasteiger partial charge is 0.404 e. The quantitative estimate of drug-likeness (QED) is 0.257. The maximum atomic E-state index is 14.1. The van der Waals surface area contributed by atoms with Gasteiger partial charge in [0.2, 0.25) is 21.8 Å². The number of piperazine rings is 1. The summed E-state index contributed by atoms with van der Waals surface area (Å²) in [4.78, 5) is 30.0. The van der Waals surface area contributed by atoms with Gasteiger partial charge in [-0.1, -0.05) is 54.6 Å². The number of hydrogen-bond donors (Lipinski definition) is 3. The van der Waals surface area contributed by atoms with Gasteiger partial charge in [0.05, 0.1) is 12.2 Å². The molecule has 4 rings (SSSR count). The van der Waals surface area contributed by atoms with E-state index in [-0.39, 0.29) is 48.5 Å². The number of nitrogens with zero attached hydrogens (tertiary/aromatic N) is 2. The number of nitrogens with two attached hydrogens (primary N) is 1. The predicted molar refractivity (Wildman–Crippen MR) is 163 cm³/mol. The number of benzene rings is 3. The maximum absolute atomic E-state index is 14.1. The standard InChI is InChI=1S/C31H35F4N5O4S/c32-28-12-5-4-9-23(28)16-24(36)17-30(42)40-14-13-39(19-27(40)15-22-7-2-1-3-8-22)20-29(41)37-25-10-6-11-26(18-25)38-45(43,44)21-31(33,34)35/h1-12,18,24,27,38H,13-17,19-21,36H2,(H,37,41)/t24-,27?/m1/s1. The van der Waals surface area contributed by atoms with Gasteiger partial charge < -0.3 is 16.0 Å². The van der Waals surface area contributed by atoms with Gasteiger partial charge in [-0.3, -0.25) is 19.2 Å². The van der Waals surface area contributed by atoms with E-state index in [2.05, 4.69) is 5.32 Å². The molecule has 1 fully saturated rings. The highest BCUT2D eigenvalue weighted by Gasteiger charge is 2.35. The first kappa shape index (κ1) is 33.9. The summed E-state index contributed by atoms with van der Waals surface area (Å²) in [6.45, 7) is 1.08. The van der Waals surface area contributed by atoms with Crippen molar-refractivity contribution < 1.29 is 35.6 Å². The molecule has 1 saturated heterocycles. The molecule has 0 radical (unpaired) electrons. The van der Waals surface area contributed by atoms with Crippen LogP contribution in [0.5, 0.6) is 0 Å². The normalized spacial score (nSPS) is 16.6. The molecule has 9 nitrogen and oxygen atoms in total. The number of amides is 2. The third-order valence-corrected chi connectivity index (χ3v) is 8.47. The minimum atomic E-state index is -4.90. The van der Waals surface area contributed by atoms with Crippen molar-refractivity contribution in [3.05, 3.63) is 95.8 Å². The Morgan fingerprint density at radius 2 is 1.64 bits per heavy atom. The van der Waals surface area contributed by atoms with Crippen molar-refractivity contribution >= 4 is 33.2 Å². The van der Waals surface area contributed by atoms with E-state index in [0.717, 1.165) is 5.56 Å². The highest BCUT2D eigenvalue weighted by Crippen LogP contribution is 2.22.